The molecule has 0 amide bonds. The fraction of sp³-hybridized carbons (Fsp3) is 0. The molecule has 230 valence electrons. The van der Waals surface area contributed by atoms with Crippen molar-refractivity contribution in [1.82, 2.24) is 9.97 Å². The molecule has 2 N–H and O–H groups in total. The standard InChI is InChI=1S/2C21H13NOS.Zn/c2*23-18-12-15-7-2-1-6-14(15)11-17(18)21-22-20-16-8-4-3-5-13(16)9-10-19(20)24-21;/h2*1-12,23H;. The van der Waals surface area contributed by atoms with Crippen LogP contribution in [0.4, 0.5) is 0 Å². The average Bonchev–Trinajstić information content (AvgIpc) is 3.77. The van der Waals surface area contributed by atoms with Gasteiger partial charge in [-0.1, -0.05) is 109 Å². The van der Waals surface area contributed by atoms with E-state index in [4.69, 9.17) is 9.97 Å². The molecule has 10 aromatic rings. The number of phenolic OH excluding ortho intramolecular Hbond substituents is 2. The van der Waals surface area contributed by atoms with E-state index in [2.05, 4.69) is 60.7 Å². The number of fused-ring (bicyclic) bond motifs is 8. The molecule has 0 saturated carbocycles. The van der Waals surface area contributed by atoms with Crippen LogP contribution in [0.25, 0.3) is 84.7 Å². The molecule has 0 fully saturated rings. The number of benzene rings is 8. The topological polar surface area (TPSA) is 66.2 Å². The van der Waals surface area contributed by atoms with Crippen molar-refractivity contribution in [1.29, 1.82) is 0 Å². The van der Waals surface area contributed by atoms with E-state index in [0.29, 0.717) is 0 Å². The normalized spacial score (nSPS) is 11.3. The first-order chi connectivity index (χ1) is 23.6. The Morgan fingerprint density at radius 1 is 0.388 bits per heavy atom. The zero-order chi connectivity index (χ0) is 32.2. The van der Waals surface area contributed by atoms with Gasteiger partial charge in [-0.3, -0.25) is 0 Å². The predicted molar refractivity (Wildman–Crippen MR) is 203 cm³/mol. The number of hydrogen-bond donors (Lipinski definition) is 2. The van der Waals surface area contributed by atoms with Crippen LogP contribution in [0.5, 0.6) is 11.5 Å². The largest absolute Gasteiger partial charge is 0.507 e. The maximum atomic E-state index is 10.5. The predicted octanol–water partition coefficient (Wildman–Crippen LogP) is 11.9. The quantitative estimate of drug-likeness (QED) is 0.175. The molecule has 2 aromatic heterocycles. The van der Waals surface area contributed by atoms with E-state index in [1.807, 2.05) is 84.9 Å². The fourth-order valence-electron chi connectivity index (χ4n) is 6.35. The number of rotatable bonds is 2. The van der Waals surface area contributed by atoms with E-state index in [0.717, 1.165) is 73.9 Å². The van der Waals surface area contributed by atoms with Crippen LogP contribution in [0.15, 0.2) is 146 Å². The molecule has 0 saturated heterocycles. The summed E-state index contributed by atoms with van der Waals surface area (Å²) < 4.78 is 2.27. The first-order valence-electron chi connectivity index (χ1n) is 15.6. The van der Waals surface area contributed by atoms with Crippen LogP contribution in [-0.2, 0) is 19.5 Å². The van der Waals surface area contributed by atoms with E-state index in [1.54, 1.807) is 22.7 Å². The molecule has 0 spiro atoms. The maximum absolute atomic E-state index is 10.5. The van der Waals surface area contributed by atoms with E-state index in [9.17, 15) is 10.2 Å². The molecule has 7 heteroatoms. The Balaban J connectivity index is 0.000000139. The summed E-state index contributed by atoms with van der Waals surface area (Å²) in [6.07, 6.45) is 0. The Labute approximate surface area is 302 Å². The van der Waals surface area contributed by atoms with Gasteiger partial charge < -0.3 is 10.2 Å². The second-order valence-corrected chi connectivity index (χ2v) is 13.8. The zero-order valence-electron chi connectivity index (χ0n) is 26.2. The molecule has 2 heterocycles. The van der Waals surface area contributed by atoms with Crippen molar-refractivity contribution in [3.63, 3.8) is 0 Å². The number of aromatic hydroxyl groups is 2. The molecule has 49 heavy (non-hydrogen) atoms. The minimum Gasteiger partial charge on any atom is -0.507 e. The minimum absolute atomic E-state index is 0. The van der Waals surface area contributed by atoms with Crippen molar-refractivity contribution in [3.05, 3.63) is 146 Å². The Hall–Kier alpha value is -5.20. The van der Waals surface area contributed by atoms with Crippen LogP contribution in [0.2, 0.25) is 0 Å². The number of aromatic nitrogens is 2. The second kappa shape index (κ2) is 12.7. The Kier molecular flexibility index (Phi) is 8.05. The molecule has 8 aromatic carbocycles. The summed E-state index contributed by atoms with van der Waals surface area (Å²) in [6, 6.07) is 48.8. The molecular weight excluding hydrogens is 694 g/mol. The number of phenols is 2. The van der Waals surface area contributed by atoms with Crippen LogP contribution < -0.4 is 0 Å². The number of thiazole rings is 2. The van der Waals surface area contributed by atoms with E-state index in [1.165, 1.54) is 10.8 Å². The van der Waals surface area contributed by atoms with Gasteiger partial charge in [0.15, 0.2) is 0 Å². The average molecular weight is 720 g/mol. The SMILES string of the molecule is Oc1cc2ccccc2cc1-c1nc2c(ccc3ccccc32)s1.Oc1cc2ccccc2cc1-c1nc2c(ccc3ccccc32)s1.[Zn]. The van der Waals surface area contributed by atoms with Crippen molar-refractivity contribution >= 4 is 86.2 Å². The van der Waals surface area contributed by atoms with Gasteiger partial charge >= 0.3 is 0 Å². The van der Waals surface area contributed by atoms with Gasteiger partial charge in [0.05, 0.1) is 31.6 Å². The van der Waals surface area contributed by atoms with Crippen LogP contribution in [0, 0.1) is 0 Å². The number of nitrogens with zero attached hydrogens (tertiary/aromatic N) is 2. The maximum Gasteiger partial charge on any atom is 0.128 e. The number of hydrogen-bond acceptors (Lipinski definition) is 6. The van der Waals surface area contributed by atoms with Gasteiger partial charge in [0.2, 0.25) is 0 Å². The third kappa shape index (κ3) is 5.60. The van der Waals surface area contributed by atoms with Gasteiger partial charge in [0.1, 0.15) is 21.5 Å². The van der Waals surface area contributed by atoms with E-state index < -0.39 is 0 Å². The molecule has 0 atom stereocenters. The second-order valence-electron chi connectivity index (χ2n) is 11.7. The summed E-state index contributed by atoms with van der Waals surface area (Å²) in [5.41, 5.74) is 3.58. The van der Waals surface area contributed by atoms with Gasteiger partial charge in [-0.15, -0.1) is 22.7 Å². The smallest absolute Gasteiger partial charge is 0.128 e. The van der Waals surface area contributed by atoms with E-state index in [-0.39, 0.29) is 31.0 Å². The van der Waals surface area contributed by atoms with Crippen molar-refractivity contribution in [2.24, 2.45) is 0 Å². The zero-order valence-corrected chi connectivity index (χ0v) is 30.8. The Morgan fingerprint density at radius 3 is 1.14 bits per heavy atom. The molecule has 0 unspecified atom stereocenters. The first-order valence-corrected chi connectivity index (χ1v) is 17.2. The van der Waals surface area contributed by atoms with Crippen molar-refractivity contribution < 1.29 is 29.7 Å². The summed E-state index contributed by atoms with van der Waals surface area (Å²) in [4.78, 5) is 9.67. The molecule has 0 aliphatic heterocycles. The van der Waals surface area contributed by atoms with Gasteiger partial charge in [0, 0.05) is 30.3 Å². The summed E-state index contributed by atoms with van der Waals surface area (Å²) >= 11 is 3.23. The molecule has 0 bridgehead atoms. The van der Waals surface area contributed by atoms with Crippen LogP contribution in [0.1, 0.15) is 0 Å². The summed E-state index contributed by atoms with van der Waals surface area (Å²) in [6.45, 7) is 0. The van der Waals surface area contributed by atoms with Crippen molar-refractivity contribution in [2.45, 2.75) is 0 Å². The fourth-order valence-corrected chi connectivity index (χ4v) is 8.37. The molecule has 0 radical (unpaired) electrons. The van der Waals surface area contributed by atoms with Crippen LogP contribution >= 0.6 is 22.7 Å². The Morgan fingerprint density at radius 2 is 0.735 bits per heavy atom. The molecule has 10 rings (SSSR count). The van der Waals surface area contributed by atoms with Crippen molar-refractivity contribution in [2.75, 3.05) is 0 Å². The molecule has 0 aliphatic rings. The monoisotopic (exact) mass is 718 g/mol. The summed E-state index contributed by atoms with van der Waals surface area (Å²) in [5, 5.41) is 31.6. The Bertz CT molecular complexity index is 2650. The van der Waals surface area contributed by atoms with E-state index >= 15 is 0 Å². The molecule has 4 nitrogen and oxygen atoms in total. The van der Waals surface area contributed by atoms with Gasteiger partial charge in [-0.2, -0.15) is 0 Å². The van der Waals surface area contributed by atoms with Crippen LogP contribution in [-0.4, -0.2) is 20.2 Å². The third-order valence-electron chi connectivity index (χ3n) is 8.76. The van der Waals surface area contributed by atoms with Gasteiger partial charge in [-0.25, -0.2) is 9.97 Å². The van der Waals surface area contributed by atoms with Gasteiger partial charge in [0.25, 0.3) is 0 Å². The molecular formula is C42H26N2O2S2Zn. The summed E-state index contributed by atoms with van der Waals surface area (Å²) in [7, 11) is 0. The molecule has 0 aliphatic carbocycles. The summed E-state index contributed by atoms with van der Waals surface area (Å²) in [5.74, 6) is 0.550. The van der Waals surface area contributed by atoms with Gasteiger partial charge in [-0.05, 0) is 68.7 Å². The van der Waals surface area contributed by atoms with Crippen LogP contribution in [0.3, 0.4) is 0 Å². The third-order valence-corrected chi connectivity index (χ3v) is 10.9. The minimum atomic E-state index is 0. The first kappa shape index (κ1) is 31.1. The van der Waals surface area contributed by atoms with Crippen molar-refractivity contribution in [3.8, 4) is 32.6 Å².